The standard InChI is InChI=1S/C24H23N3O7/c1-14(28)26(2)10-9-15-11-19-21(34-13-33-19)20(32-3)17(15)12-18-22(29)25-24(31)27(23(18)30)16-7-5-4-6-8-16/h4-8,11-12H,9-10,13H2,1-3H3,(H,25,29,31)/b18-12+. The molecule has 0 saturated carbocycles. The van der Waals surface area contributed by atoms with E-state index in [-0.39, 0.29) is 24.0 Å². The number of carbonyl (C=O) groups is 4. The van der Waals surface area contributed by atoms with Gasteiger partial charge >= 0.3 is 6.03 Å². The zero-order valence-corrected chi connectivity index (χ0v) is 18.9. The highest BCUT2D eigenvalue weighted by Crippen LogP contribution is 2.46. The number of imide groups is 2. The van der Waals surface area contributed by atoms with Gasteiger partial charge in [-0.3, -0.25) is 19.7 Å². The molecule has 1 fully saturated rings. The van der Waals surface area contributed by atoms with Crippen molar-refractivity contribution in [2.45, 2.75) is 13.3 Å². The van der Waals surface area contributed by atoms with Crippen LogP contribution >= 0.6 is 0 Å². The average molecular weight is 465 g/mol. The summed E-state index contributed by atoms with van der Waals surface area (Å²) < 4.78 is 16.6. The van der Waals surface area contributed by atoms with Crippen molar-refractivity contribution < 1.29 is 33.4 Å². The first-order valence-corrected chi connectivity index (χ1v) is 10.5. The van der Waals surface area contributed by atoms with Gasteiger partial charge in [0.1, 0.15) is 5.57 Å². The second-order valence-electron chi connectivity index (χ2n) is 7.70. The van der Waals surface area contributed by atoms with E-state index < -0.39 is 17.8 Å². The molecular weight excluding hydrogens is 442 g/mol. The predicted octanol–water partition coefficient (Wildman–Crippen LogP) is 2.11. The average Bonchev–Trinajstić information content (AvgIpc) is 3.28. The minimum atomic E-state index is -0.834. The van der Waals surface area contributed by atoms with Crippen LogP contribution < -0.4 is 24.4 Å². The van der Waals surface area contributed by atoms with E-state index in [1.807, 2.05) is 0 Å². The summed E-state index contributed by atoms with van der Waals surface area (Å²) in [6, 6.07) is 9.19. The molecule has 10 heteroatoms. The number of nitrogens with one attached hydrogen (secondary N) is 1. The summed E-state index contributed by atoms with van der Waals surface area (Å²) in [6.45, 7) is 1.83. The minimum Gasteiger partial charge on any atom is -0.492 e. The number of hydrogen-bond donors (Lipinski definition) is 1. The van der Waals surface area contributed by atoms with Crippen LogP contribution in [0.25, 0.3) is 6.08 Å². The second kappa shape index (κ2) is 9.26. The molecule has 0 unspecified atom stereocenters. The summed E-state index contributed by atoms with van der Waals surface area (Å²) in [5.41, 5.74) is 1.17. The highest BCUT2D eigenvalue weighted by atomic mass is 16.7. The van der Waals surface area contributed by atoms with Gasteiger partial charge in [-0.25, -0.2) is 9.69 Å². The quantitative estimate of drug-likeness (QED) is 0.513. The Morgan fingerprint density at radius 3 is 2.62 bits per heavy atom. The van der Waals surface area contributed by atoms with E-state index in [0.29, 0.717) is 41.3 Å². The molecule has 0 radical (unpaired) electrons. The summed E-state index contributed by atoms with van der Waals surface area (Å²) in [5, 5.41) is 2.21. The van der Waals surface area contributed by atoms with Crippen molar-refractivity contribution in [1.82, 2.24) is 10.2 Å². The van der Waals surface area contributed by atoms with Crippen molar-refractivity contribution in [1.29, 1.82) is 0 Å². The van der Waals surface area contributed by atoms with Crippen molar-refractivity contribution in [2.75, 3.05) is 32.4 Å². The maximum atomic E-state index is 13.3. The van der Waals surface area contributed by atoms with Gasteiger partial charge < -0.3 is 19.1 Å². The van der Waals surface area contributed by atoms with Gasteiger partial charge in [0.25, 0.3) is 11.8 Å². The molecule has 2 heterocycles. The number of benzene rings is 2. The van der Waals surface area contributed by atoms with Crippen molar-refractivity contribution in [3.63, 3.8) is 0 Å². The molecule has 10 nitrogen and oxygen atoms in total. The molecule has 0 bridgehead atoms. The molecule has 34 heavy (non-hydrogen) atoms. The fraction of sp³-hybridized carbons (Fsp3) is 0.250. The number of likely N-dealkylation sites (N-methyl/N-ethyl adjacent to an activating group) is 1. The number of hydrogen-bond acceptors (Lipinski definition) is 7. The summed E-state index contributed by atoms with van der Waals surface area (Å²) >= 11 is 0. The molecule has 4 rings (SSSR count). The summed E-state index contributed by atoms with van der Waals surface area (Å²) in [5.74, 6) is -0.615. The number of para-hydroxylation sites is 1. The molecule has 0 aliphatic carbocycles. The molecule has 2 aromatic carbocycles. The first kappa shape index (κ1) is 22.8. The highest BCUT2D eigenvalue weighted by Gasteiger charge is 2.37. The number of rotatable bonds is 6. The molecule has 1 saturated heterocycles. The third kappa shape index (κ3) is 4.17. The Morgan fingerprint density at radius 1 is 1.21 bits per heavy atom. The molecule has 0 spiro atoms. The molecule has 0 atom stereocenters. The van der Waals surface area contributed by atoms with Gasteiger partial charge in [0.15, 0.2) is 11.5 Å². The summed E-state index contributed by atoms with van der Waals surface area (Å²) in [4.78, 5) is 52.5. The van der Waals surface area contributed by atoms with Gasteiger partial charge in [0, 0.05) is 26.1 Å². The Kier molecular flexibility index (Phi) is 6.22. The van der Waals surface area contributed by atoms with E-state index in [1.165, 1.54) is 20.1 Å². The normalized spacial score (nSPS) is 16.0. The van der Waals surface area contributed by atoms with Gasteiger partial charge in [-0.1, -0.05) is 18.2 Å². The van der Waals surface area contributed by atoms with Crippen LogP contribution in [-0.4, -0.2) is 56.1 Å². The van der Waals surface area contributed by atoms with Gasteiger partial charge in [-0.15, -0.1) is 0 Å². The summed E-state index contributed by atoms with van der Waals surface area (Å²) in [6.07, 6.45) is 1.77. The van der Waals surface area contributed by atoms with E-state index in [0.717, 1.165) is 4.90 Å². The Morgan fingerprint density at radius 2 is 1.94 bits per heavy atom. The number of ether oxygens (including phenoxy) is 3. The van der Waals surface area contributed by atoms with Crippen LogP contribution in [0.2, 0.25) is 0 Å². The highest BCUT2D eigenvalue weighted by molar-refractivity contribution is 6.39. The number of carbonyl (C=O) groups excluding carboxylic acids is 4. The fourth-order valence-electron chi connectivity index (χ4n) is 3.70. The number of barbiturate groups is 1. The van der Waals surface area contributed by atoms with E-state index in [9.17, 15) is 19.2 Å². The minimum absolute atomic E-state index is 0.00574. The lowest BCUT2D eigenvalue weighted by atomic mass is 9.98. The third-order valence-corrected chi connectivity index (χ3v) is 5.61. The smallest absolute Gasteiger partial charge is 0.335 e. The van der Waals surface area contributed by atoms with Crippen LogP contribution in [0.4, 0.5) is 10.5 Å². The molecule has 5 amide bonds. The van der Waals surface area contributed by atoms with Crippen LogP contribution in [-0.2, 0) is 20.8 Å². The maximum Gasteiger partial charge on any atom is 0.335 e. The molecule has 2 aromatic rings. The Labute approximate surface area is 195 Å². The SMILES string of the molecule is COc1c(/C=C2\C(=O)NC(=O)N(c3ccccc3)C2=O)c(CCN(C)C(C)=O)cc2c1OCO2. The molecule has 1 N–H and O–H groups in total. The number of anilines is 1. The van der Waals surface area contributed by atoms with Gasteiger partial charge in [0.05, 0.1) is 12.8 Å². The molecule has 2 aliphatic rings. The lowest BCUT2D eigenvalue weighted by Crippen LogP contribution is -2.54. The predicted molar refractivity (Wildman–Crippen MR) is 122 cm³/mol. The van der Waals surface area contributed by atoms with E-state index >= 15 is 0 Å². The largest absolute Gasteiger partial charge is 0.492 e. The second-order valence-corrected chi connectivity index (χ2v) is 7.70. The lowest BCUT2D eigenvalue weighted by Gasteiger charge is -2.26. The van der Waals surface area contributed by atoms with Crippen molar-refractivity contribution in [3.8, 4) is 17.2 Å². The molecular formula is C24H23N3O7. The maximum absolute atomic E-state index is 13.3. The number of nitrogens with zero attached hydrogens (tertiary/aromatic N) is 2. The first-order valence-electron chi connectivity index (χ1n) is 10.5. The Hall–Kier alpha value is -4.34. The van der Waals surface area contributed by atoms with Gasteiger partial charge in [-0.2, -0.15) is 0 Å². The molecule has 2 aliphatic heterocycles. The monoisotopic (exact) mass is 465 g/mol. The van der Waals surface area contributed by atoms with E-state index in [2.05, 4.69) is 5.32 Å². The van der Waals surface area contributed by atoms with Crippen LogP contribution in [0.1, 0.15) is 18.1 Å². The van der Waals surface area contributed by atoms with E-state index in [4.69, 9.17) is 14.2 Å². The van der Waals surface area contributed by atoms with Gasteiger partial charge in [-0.05, 0) is 36.3 Å². The van der Waals surface area contributed by atoms with Crippen LogP contribution in [0, 0.1) is 0 Å². The zero-order valence-electron chi connectivity index (χ0n) is 18.9. The van der Waals surface area contributed by atoms with Crippen LogP contribution in [0.15, 0.2) is 42.0 Å². The number of fused-ring (bicyclic) bond motifs is 1. The molecule has 176 valence electrons. The Bertz CT molecular complexity index is 1210. The fourth-order valence-corrected chi connectivity index (χ4v) is 3.70. The van der Waals surface area contributed by atoms with Crippen molar-refractivity contribution in [2.24, 2.45) is 0 Å². The van der Waals surface area contributed by atoms with Crippen LogP contribution in [0.5, 0.6) is 17.2 Å². The van der Waals surface area contributed by atoms with Gasteiger partial charge in [0.2, 0.25) is 18.4 Å². The zero-order chi connectivity index (χ0) is 24.4. The first-order chi connectivity index (χ1) is 16.3. The Balaban J connectivity index is 1.81. The topological polar surface area (TPSA) is 114 Å². The summed E-state index contributed by atoms with van der Waals surface area (Å²) in [7, 11) is 3.11. The van der Waals surface area contributed by atoms with Crippen LogP contribution in [0.3, 0.4) is 0 Å². The lowest BCUT2D eigenvalue weighted by molar-refractivity contribution is -0.127. The molecule has 0 aromatic heterocycles. The third-order valence-electron chi connectivity index (χ3n) is 5.61. The van der Waals surface area contributed by atoms with E-state index in [1.54, 1.807) is 48.3 Å². The number of urea groups is 1. The number of amides is 5. The van der Waals surface area contributed by atoms with Crippen molar-refractivity contribution >= 4 is 35.5 Å². The van der Waals surface area contributed by atoms with Crippen molar-refractivity contribution in [3.05, 3.63) is 53.1 Å². The number of methoxy groups -OCH3 is 1.